The first-order chi connectivity index (χ1) is 8.01. The fourth-order valence-corrected chi connectivity index (χ4v) is 1.47. The number of aryl methyl sites for hydroxylation is 1. The highest BCUT2D eigenvalue weighted by molar-refractivity contribution is 5.85. The second kappa shape index (κ2) is 5.77. The summed E-state index contributed by atoms with van der Waals surface area (Å²) in [6, 6.07) is 0. The van der Waals surface area contributed by atoms with Crippen LogP contribution in [0.4, 0.5) is 0 Å². The maximum absolute atomic E-state index is 11.8. The molecule has 0 aromatic carbocycles. The van der Waals surface area contributed by atoms with Crippen LogP contribution < -0.4 is 11.1 Å². The van der Waals surface area contributed by atoms with E-state index in [1.54, 1.807) is 6.92 Å². The summed E-state index contributed by atoms with van der Waals surface area (Å²) in [5.74, 6) is 0.999. The number of amides is 1. The van der Waals surface area contributed by atoms with Gasteiger partial charge in [-0.25, -0.2) is 0 Å². The Morgan fingerprint density at radius 3 is 2.59 bits per heavy atom. The smallest absolute Gasteiger partial charge is 0.240 e. The molecule has 6 heteroatoms. The standard InChI is InChI=1S/C11H20N4O2/c1-4-11(12,5-2)10(16)13-7-6-9-14-8(3)15-17-9/h4-7,12H2,1-3H3,(H,13,16). The molecule has 0 spiro atoms. The van der Waals surface area contributed by atoms with Crippen LogP contribution in [0.5, 0.6) is 0 Å². The van der Waals surface area contributed by atoms with E-state index in [2.05, 4.69) is 15.5 Å². The predicted molar refractivity (Wildman–Crippen MR) is 63.2 cm³/mol. The van der Waals surface area contributed by atoms with Crippen LogP contribution in [-0.4, -0.2) is 28.1 Å². The third-order valence-corrected chi connectivity index (χ3v) is 2.91. The maximum Gasteiger partial charge on any atom is 0.240 e. The van der Waals surface area contributed by atoms with Crippen molar-refractivity contribution in [1.29, 1.82) is 0 Å². The monoisotopic (exact) mass is 240 g/mol. The van der Waals surface area contributed by atoms with E-state index in [1.165, 1.54) is 0 Å². The van der Waals surface area contributed by atoms with E-state index in [-0.39, 0.29) is 5.91 Å². The SMILES string of the molecule is CCC(N)(CC)C(=O)NCCc1nc(C)no1. The number of rotatable bonds is 6. The van der Waals surface area contributed by atoms with Crippen molar-refractivity contribution in [2.75, 3.05) is 6.54 Å². The van der Waals surface area contributed by atoms with Crippen molar-refractivity contribution >= 4 is 5.91 Å². The number of aromatic nitrogens is 2. The fourth-order valence-electron chi connectivity index (χ4n) is 1.47. The summed E-state index contributed by atoms with van der Waals surface area (Å²) in [5.41, 5.74) is 5.19. The van der Waals surface area contributed by atoms with Crippen molar-refractivity contribution in [2.24, 2.45) is 5.73 Å². The molecule has 0 atom stereocenters. The number of nitrogens with one attached hydrogen (secondary N) is 1. The van der Waals surface area contributed by atoms with Gasteiger partial charge in [-0.3, -0.25) is 4.79 Å². The van der Waals surface area contributed by atoms with Crippen LogP contribution in [-0.2, 0) is 11.2 Å². The molecule has 0 fully saturated rings. The third-order valence-electron chi connectivity index (χ3n) is 2.91. The molecule has 3 N–H and O–H groups in total. The van der Waals surface area contributed by atoms with Gasteiger partial charge in [0.2, 0.25) is 11.8 Å². The van der Waals surface area contributed by atoms with Gasteiger partial charge < -0.3 is 15.6 Å². The van der Waals surface area contributed by atoms with Crippen LogP contribution in [0.15, 0.2) is 4.52 Å². The highest BCUT2D eigenvalue weighted by Crippen LogP contribution is 2.10. The Morgan fingerprint density at radius 2 is 2.12 bits per heavy atom. The predicted octanol–water partition coefficient (Wildman–Crippen LogP) is 0.554. The Labute approximate surface area is 101 Å². The van der Waals surface area contributed by atoms with E-state index >= 15 is 0 Å². The average molecular weight is 240 g/mol. The van der Waals surface area contributed by atoms with Crippen molar-refractivity contribution in [2.45, 2.75) is 45.6 Å². The van der Waals surface area contributed by atoms with Crippen LogP contribution in [0, 0.1) is 6.92 Å². The van der Waals surface area contributed by atoms with Gasteiger partial charge >= 0.3 is 0 Å². The number of nitrogens with two attached hydrogens (primary N) is 1. The highest BCUT2D eigenvalue weighted by atomic mass is 16.5. The minimum Gasteiger partial charge on any atom is -0.354 e. The Balaban J connectivity index is 2.38. The van der Waals surface area contributed by atoms with Crippen molar-refractivity contribution in [3.05, 3.63) is 11.7 Å². The molecule has 0 aliphatic rings. The molecule has 1 amide bonds. The molecule has 1 rings (SSSR count). The van der Waals surface area contributed by atoms with Gasteiger partial charge in [0, 0.05) is 13.0 Å². The van der Waals surface area contributed by atoms with Crippen LogP contribution in [0.2, 0.25) is 0 Å². The van der Waals surface area contributed by atoms with Gasteiger partial charge in [-0.05, 0) is 19.8 Å². The number of carbonyl (C=O) groups is 1. The van der Waals surface area contributed by atoms with Crippen molar-refractivity contribution < 1.29 is 9.32 Å². The quantitative estimate of drug-likeness (QED) is 0.757. The van der Waals surface area contributed by atoms with E-state index in [0.717, 1.165) is 0 Å². The zero-order chi connectivity index (χ0) is 12.9. The summed E-state index contributed by atoms with van der Waals surface area (Å²) in [7, 11) is 0. The lowest BCUT2D eigenvalue weighted by Gasteiger charge is -2.24. The summed E-state index contributed by atoms with van der Waals surface area (Å²) in [6.45, 7) is 6.03. The van der Waals surface area contributed by atoms with Crippen molar-refractivity contribution in [1.82, 2.24) is 15.5 Å². The molecule has 1 aromatic rings. The Bertz CT molecular complexity index is 371. The van der Waals surface area contributed by atoms with Gasteiger partial charge in [0.05, 0.1) is 5.54 Å². The Morgan fingerprint density at radius 1 is 1.47 bits per heavy atom. The summed E-state index contributed by atoms with van der Waals surface area (Å²) in [4.78, 5) is 15.9. The minimum atomic E-state index is -0.773. The van der Waals surface area contributed by atoms with E-state index < -0.39 is 5.54 Å². The molecular formula is C11H20N4O2. The molecule has 0 unspecified atom stereocenters. The van der Waals surface area contributed by atoms with Crippen LogP contribution in [0.25, 0.3) is 0 Å². The maximum atomic E-state index is 11.8. The Kier molecular flexibility index (Phi) is 4.62. The van der Waals surface area contributed by atoms with Crippen LogP contribution >= 0.6 is 0 Å². The Hall–Kier alpha value is -1.43. The molecule has 0 aliphatic heterocycles. The zero-order valence-electron chi connectivity index (χ0n) is 10.6. The molecule has 96 valence electrons. The topological polar surface area (TPSA) is 94.0 Å². The fraction of sp³-hybridized carbons (Fsp3) is 0.727. The van der Waals surface area contributed by atoms with E-state index in [1.807, 2.05) is 13.8 Å². The second-order valence-corrected chi connectivity index (χ2v) is 4.10. The first kappa shape index (κ1) is 13.6. The van der Waals surface area contributed by atoms with Gasteiger partial charge in [0.15, 0.2) is 5.82 Å². The summed E-state index contributed by atoms with van der Waals surface area (Å²) in [5, 5.41) is 6.46. The molecule has 0 saturated heterocycles. The van der Waals surface area contributed by atoms with Gasteiger partial charge in [-0.1, -0.05) is 19.0 Å². The van der Waals surface area contributed by atoms with Crippen LogP contribution in [0.1, 0.15) is 38.4 Å². The van der Waals surface area contributed by atoms with Gasteiger partial charge in [-0.2, -0.15) is 4.98 Å². The van der Waals surface area contributed by atoms with E-state index in [4.69, 9.17) is 10.3 Å². The molecule has 6 nitrogen and oxygen atoms in total. The largest absolute Gasteiger partial charge is 0.354 e. The molecule has 1 aromatic heterocycles. The summed E-state index contributed by atoms with van der Waals surface area (Å²) >= 11 is 0. The van der Waals surface area contributed by atoms with E-state index in [9.17, 15) is 4.79 Å². The number of nitrogens with zero attached hydrogens (tertiary/aromatic N) is 2. The highest BCUT2D eigenvalue weighted by Gasteiger charge is 2.29. The first-order valence-corrected chi connectivity index (χ1v) is 5.88. The minimum absolute atomic E-state index is 0.126. The van der Waals surface area contributed by atoms with Gasteiger partial charge in [0.1, 0.15) is 0 Å². The second-order valence-electron chi connectivity index (χ2n) is 4.10. The number of carbonyl (C=O) groups excluding carboxylic acids is 1. The van der Waals surface area contributed by atoms with Crippen molar-refractivity contribution in [3.8, 4) is 0 Å². The van der Waals surface area contributed by atoms with Gasteiger partial charge in [-0.15, -0.1) is 0 Å². The molecular weight excluding hydrogens is 220 g/mol. The lowest BCUT2D eigenvalue weighted by atomic mass is 9.93. The third kappa shape index (κ3) is 3.52. The lowest BCUT2D eigenvalue weighted by Crippen LogP contribution is -2.53. The van der Waals surface area contributed by atoms with Gasteiger partial charge in [0.25, 0.3) is 0 Å². The normalized spacial score (nSPS) is 11.5. The first-order valence-electron chi connectivity index (χ1n) is 5.88. The average Bonchev–Trinajstić information content (AvgIpc) is 2.74. The molecule has 0 radical (unpaired) electrons. The molecule has 17 heavy (non-hydrogen) atoms. The summed E-state index contributed by atoms with van der Waals surface area (Å²) < 4.78 is 4.94. The zero-order valence-corrected chi connectivity index (χ0v) is 10.6. The molecule has 0 saturated carbocycles. The van der Waals surface area contributed by atoms with Crippen LogP contribution in [0.3, 0.4) is 0 Å². The number of hydrogen-bond acceptors (Lipinski definition) is 5. The van der Waals surface area contributed by atoms with E-state index in [0.29, 0.717) is 37.5 Å². The lowest BCUT2D eigenvalue weighted by molar-refractivity contribution is -0.126. The molecule has 1 heterocycles. The summed E-state index contributed by atoms with van der Waals surface area (Å²) in [6.07, 6.45) is 1.76. The van der Waals surface area contributed by atoms with Crippen molar-refractivity contribution in [3.63, 3.8) is 0 Å². The molecule has 0 aliphatic carbocycles. The number of hydrogen-bond donors (Lipinski definition) is 2. The molecule has 0 bridgehead atoms.